The fraction of sp³-hybridized carbons (Fsp3) is 0.333. The molecule has 0 atom stereocenters. The van der Waals surface area contributed by atoms with Gasteiger partial charge in [0.15, 0.2) is 0 Å². The minimum Gasteiger partial charge on any atom is -0.488 e. The molecule has 0 heterocycles. The molecule has 2 aromatic rings. The lowest BCUT2D eigenvalue weighted by Crippen LogP contribution is -2.00. The predicted octanol–water partition coefficient (Wildman–Crippen LogP) is 4.68. The Morgan fingerprint density at radius 2 is 1.73 bits per heavy atom. The average Bonchev–Trinajstić information content (AvgIpc) is 2.47. The molecule has 4 heteroatoms. The maximum Gasteiger partial charge on any atom is 0.276 e. The largest absolute Gasteiger partial charge is 0.488 e. The number of benzene rings is 2. The van der Waals surface area contributed by atoms with E-state index in [0.717, 1.165) is 12.0 Å². The Morgan fingerprint density at radius 3 is 2.32 bits per heavy atom. The molecule has 0 amide bonds. The SMILES string of the molecule is Cc1c(OCc2ccc(CC(C)C)cc2)cccc1[N+](=O)[O-]. The maximum atomic E-state index is 10.9. The molecular weight excluding hydrogens is 278 g/mol. The van der Waals surface area contributed by atoms with E-state index in [9.17, 15) is 10.1 Å². The van der Waals surface area contributed by atoms with Crippen molar-refractivity contribution >= 4 is 5.69 Å². The fourth-order valence-corrected chi connectivity index (χ4v) is 2.36. The quantitative estimate of drug-likeness (QED) is 0.575. The van der Waals surface area contributed by atoms with Crippen LogP contribution in [-0.4, -0.2) is 4.92 Å². The lowest BCUT2D eigenvalue weighted by atomic mass is 10.0. The number of nitro groups is 1. The highest BCUT2D eigenvalue weighted by Crippen LogP contribution is 2.27. The van der Waals surface area contributed by atoms with Crippen molar-refractivity contribution in [2.45, 2.75) is 33.8 Å². The van der Waals surface area contributed by atoms with Crippen molar-refractivity contribution in [1.82, 2.24) is 0 Å². The average molecular weight is 299 g/mol. The second-order valence-corrected chi connectivity index (χ2v) is 5.86. The van der Waals surface area contributed by atoms with Gasteiger partial charge in [-0.3, -0.25) is 10.1 Å². The van der Waals surface area contributed by atoms with Gasteiger partial charge >= 0.3 is 0 Å². The first-order valence-corrected chi connectivity index (χ1v) is 7.42. The molecule has 0 spiro atoms. The maximum absolute atomic E-state index is 10.9. The molecule has 0 N–H and O–H groups in total. The number of hydrogen-bond acceptors (Lipinski definition) is 3. The molecule has 0 radical (unpaired) electrons. The zero-order valence-corrected chi connectivity index (χ0v) is 13.2. The van der Waals surface area contributed by atoms with E-state index >= 15 is 0 Å². The molecule has 0 fully saturated rings. The summed E-state index contributed by atoms with van der Waals surface area (Å²) in [6.45, 7) is 6.51. The lowest BCUT2D eigenvalue weighted by molar-refractivity contribution is -0.385. The van der Waals surface area contributed by atoms with Gasteiger partial charge < -0.3 is 4.74 Å². The molecule has 0 aromatic heterocycles. The van der Waals surface area contributed by atoms with Gasteiger partial charge in [-0.15, -0.1) is 0 Å². The van der Waals surface area contributed by atoms with Gasteiger partial charge in [0.2, 0.25) is 0 Å². The second-order valence-electron chi connectivity index (χ2n) is 5.86. The van der Waals surface area contributed by atoms with Crippen LogP contribution in [0.1, 0.15) is 30.5 Å². The van der Waals surface area contributed by atoms with Gasteiger partial charge in [-0.05, 0) is 36.5 Å². The normalized spacial score (nSPS) is 10.7. The van der Waals surface area contributed by atoms with Crippen molar-refractivity contribution in [3.05, 3.63) is 69.3 Å². The monoisotopic (exact) mass is 299 g/mol. The first kappa shape index (κ1) is 16.0. The summed E-state index contributed by atoms with van der Waals surface area (Å²) in [7, 11) is 0. The zero-order chi connectivity index (χ0) is 16.1. The van der Waals surface area contributed by atoms with Crippen molar-refractivity contribution in [3.8, 4) is 5.75 Å². The molecule has 0 unspecified atom stereocenters. The number of nitro benzene ring substituents is 1. The van der Waals surface area contributed by atoms with E-state index in [4.69, 9.17) is 4.74 Å². The van der Waals surface area contributed by atoms with Crippen molar-refractivity contribution in [2.75, 3.05) is 0 Å². The fourth-order valence-electron chi connectivity index (χ4n) is 2.36. The second kappa shape index (κ2) is 7.07. The van der Waals surface area contributed by atoms with Gasteiger partial charge in [0.25, 0.3) is 5.69 Å². The van der Waals surface area contributed by atoms with Crippen LogP contribution in [0.25, 0.3) is 0 Å². The molecule has 2 rings (SSSR count). The van der Waals surface area contributed by atoms with Gasteiger partial charge in [0.1, 0.15) is 12.4 Å². The number of rotatable bonds is 6. The highest BCUT2D eigenvalue weighted by atomic mass is 16.6. The summed E-state index contributed by atoms with van der Waals surface area (Å²) in [4.78, 5) is 10.5. The summed E-state index contributed by atoms with van der Waals surface area (Å²) in [5, 5.41) is 10.9. The van der Waals surface area contributed by atoms with E-state index in [1.54, 1.807) is 19.1 Å². The Balaban J connectivity index is 2.04. The molecule has 4 nitrogen and oxygen atoms in total. The Morgan fingerprint density at radius 1 is 1.09 bits per heavy atom. The molecule has 0 saturated carbocycles. The zero-order valence-electron chi connectivity index (χ0n) is 13.2. The van der Waals surface area contributed by atoms with Gasteiger partial charge in [-0.1, -0.05) is 44.2 Å². The van der Waals surface area contributed by atoms with E-state index in [-0.39, 0.29) is 10.6 Å². The van der Waals surface area contributed by atoms with Crippen LogP contribution in [0.15, 0.2) is 42.5 Å². The van der Waals surface area contributed by atoms with Gasteiger partial charge in [-0.2, -0.15) is 0 Å². The van der Waals surface area contributed by atoms with E-state index in [1.807, 2.05) is 12.1 Å². The van der Waals surface area contributed by atoms with E-state index in [0.29, 0.717) is 23.8 Å². The van der Waals surface area contributed by atoms with Crippen LogP contribution in [-0.2, 0) is 13.0 Å². The Bertz CT molecular complexity index is 648. The molecule has 2 aromatic carbocycles. The van der Waals surface area contributed by atoms with Crippen LogP contribution in [0.2, 0.25) is 0 Å². The van der Waals surface area contributed by atoms with Gasteiger partial charge in [-0.25, -0.2) is 0 Å². The van der Waals surface area contributed by atoms with Crippen LogP contribution in [0, 0.1) is 23.0 Å². The van der Waals surface area contributed by atoms with Crippen molar-refractivity contribution < 1.29 is 9.66 Å². The van der Waals surface area contributed by atoms with E-state index in [2.05, 4.69) is 26.0 Å². The summed E-state index contributed by atoms with van der Waals surface area (Å²) >= 11 is 0. The van der Waals surface area contributed by atoms with Crippen molar-refractivity contribution in [3.63, 3.8) is 0 Å². The first-order chi connectivity index (χ1) is 10.5. The smallest absolute Gasteiger partial charge is 0.276 e. The third-order valence-electron chi connectivity index (χ3n) is 3.51. The third kappa shape index (κ3) is 4.07. The Hall–Kier alpha value is -2.36. The minimum atomic E-state index is -0.386. The third-order valence-corrected chi connectivity index (χ3v) is 3.51. The first-order valence-electron chi connectivity index (χ1n) is 7.42. The van der Waals surface area contributed by atoms with Crippen molar-refractivity contribution in [2.24, 2.45) is 5.92 Å². The molecule has 0 saturated heterocycles. The predicted molar refractivity (Wildman–Crippen MR) is 87.1 cm³/mol. The van der Waals surface area contributed by atoms with Crippen LogP contribution in [0.5, 0.6) is 5.75 Å². The highest BCUT2D eigenvalue weighted by molar-refractivity contribution is 5.48. The summed E-state index contributed by atoms with van der Waals surface area (Å²) in [6.07, 6.45) is 1.06. The summed E-state index contributed by atoms with van der Waals surface area (Å²) in [5.41, 5.74) is 3.01. The summed E-state index contributed by atoms with van der Waals surface area (Å²) < 4.78 is 5.73. The summed E-state index contributed by atoms with van der Waals surface area (Å²) in [6, 6.07) is 13.2. The van der Waals surface area contributed by atoms with Crippen LogP contribution < -0.4 is 4.74 Å². The standard InChI is InChI=1S/C18H21NO3/c1-13(2)11-15-7-9-16(10-8-15)12-22-18-6-4-5-17(14(18)3)19(20)21/h4-10,13H,11-12H2,1-3H3. The Labute approximate surface area is 130 Å². The van der Waals surface area contributed by atoms with Crippen LogP contribution >= 0.6 is 0 Å². The van der Waals surface area contributed by atoms with E-state index in [1.165, 1.54) is 11.6 Å². The van der Waals surface area contributed by atoms with Gasteiger partial charge in [0.05, 0.1) is 10.5 Å². The molecule has 0 aliphatic carbocycles. The number of hydrogen-bond donors (Lipinski definition) is 0. The molecule has 0 aliphatic heterocycles. The van der Waals surface area contributed by atoms with Crippen LogP contribution in [0.3, 0.4) is 0 Å². The van der Waals surface area contributed by atoms with E-state index < -0.39 is 0 Å². The number of ether oxygens (including phenoxy) is 1. The van der Waals surface area contributed by atoms with Gasteiger partial charge in [0, 0.05) is 6.07 Å². The molecule has 0 bridgehead atoms. The lowest BCUT2D eigenvalue weighted by Gasteiger charge is -2.10. The molecular formula is C18H21NO3. The number of nitrogens with zero attached hydrogens (tertiary/aromatic N) is 1. The highest BCUT2D eigenvalue weighted by Gasteiger charge is 2.14. The minimum absolute atomic E-state index is 0.0878. The molecule has 22 heavy (non-hydrogen) atoms. The molecule has 0 aliphatic rings. The topological polar surface area (TPSA) is 52.4 Å². The summed E-state index contributed by atoms with van der Waals surface area (Å²) in [5.74, 6) is 1.19. The Kier molecular flexibility index (Phi) is 5.15. The van der Waals surface area contributed by atoms with Crippen LogP contribution in [0.4, 0.5) is 5.69 Å². The van der Waals surface area contributed by atoms with Crippen molar-refractivity contribution in [1.29, 1.82) is 0 Å². The molecule has 116 valence electrons.